The topological polar surface area (TPSA) is 164 Å². The molecular formula is C29H22Cl2N8O4. The number of H-pyrrole nitrogens is 2. The van der Waals surface area contributed by atoms with E-state index in [4.69, 9.17) is 32.9 Å². The van der Waals surface area contributed by atoms with E-state index in [1.165, 1.54) is 11.0 Å². The molecule has 1 amide bonds. The largest absolute Gasteiger partial charge is 0.507 e. The van der Waals surface area contributed by atoms with E-state index in [1.807, 2.05) is 30.3 Å². The molecule has 6 rings (SSSR count). The number of fused-ring (bicyclic) bond motifs is 1. The summed E-state index contributed by atoms with van der Waals surface area (Å²) in [5.74, 6) is 0.227. The van der Waals surface area contributed by atoms with Crippen LogP contribution in [-0.4, -0.2) is 46.4 Å². The maximum atomic E-state index is 13.1. The minimum absolute atomic E-state index is 0.105. The molecule has 43 heavy (non-hydrogen) atoms. The summed E-state index contributed by atoms with van der Waals surface area (Å²) in [4.78, 5) is 35.3. The molecule has 4 N–H and O–H groups in total. The van der Waals surface area contributed by atoms with Gasteiger partial charge in [0.2, 0.25) is 0 Å². The fraction of sp³-hybridized carbons (Fsp3) is 0.103. The molecule has 0 aliphatic carbocycles. The maximum Gasteiger partial charge on any atom is 0.408 e. The number of tetrazole rings is 1. The van der Waals surface area contributed by atoms with Gasteiger partial charge in [0.25, 0.3) is 5.56 Å². The lowest BCUT2D eigenvalue weighted by Crippen LogP contribution is -2.31. The van der Waals surface area contributed by atoms with Crippen LogP contribution in [0.15, 0.2) is 83.9 Å². The molecule has 0 spiro atoms. The van der Waals surface area contributed by atoms with Crippen molar-refractivity contribution in [1.82, 2.24) is 40.5 Å². The number of nitrogens with zero attached hydrogens (tertiary/aromatic N) is 5. The van der Waals surface area contributed by atoms with Crippen LogP contribution in [-0.2, 0) is 17.8 Å². The summed E-state index contributed by atoms with van der Waals surface area (Å²) >= 11 is 12.8. The van der Waals surface area contributed by atoms with Gasteiger partial charge in [0.05, 0.1) is 17.2 Å². The van der Waals surface area contributed by atoms with E-state index >= 15 is 0 Å². The fourth-order valence-electron chi connectivity index (χ4n) is 4.67. The summed E-state index contributed by atoms with van der Waals surface area (Å²) in [6, 6.07) is 20.2. The van der Waals surface area contributed by atoms with Crippen LogP contribution in [0.3, 0.4) is 0 Å². The number of amides is 1. The van der Waals surface area contributed by atoms with E-state index in [0.29, 0.717) is 50.7 Å². The molecule has 0 aliphatic heterocycles. The summed E-state index contributed by atoms with van der Waals surface area (Å²) < 4.78 is 7.03. The summed E-state index contributed by atoms with van der Waals surface area (Å²) in [5.41, 5.74) is 3.20. The van der Waals surface area contributed by atoms with Crippen LogP contribution in [0.4, 0.5) is 4.79 Å². The van der Waals surface area contributed by atoms with Crippen LogP contribution in [0.5, 0.6) is 5.75 Å². The number of alkyl carbamates (subject to hydrolysis) is 1. The number of ether oxygens (including phenoxy) is 1. The SMILES string of the molecule is O=C(NC(Cc1ccccc1)c1nc(-c2ccc3[nH]c(=O)cc(O)c3c2)c(Cl)[nH]1)OCc1cc(Cl)ccc1-n1cnnn1. The third kappa shape index (κ3) is 6.20. The molecule has 0 saturated carbocycles. The Morgan fingerprint density at radius 1 is 1.05 bits per heavy atom. The average Bonchev–Trinajstić information content (AvgIpc) is 3.66. The van der Waals surface area contributed by atoms with Gasteiger partial charge >= 0.3 is 6.09 Å². The smallest absolute Gasteiger partial charge is 0.408 e. The van der Waals surface area contributed by atoms with Gasteiger partial charge in [-0.1, -0.05) is 59.6 Å². The molecule has 12 nitrogen and oxygen atoms in total. The molecule has 3 heterocycles. The second-order valence-electron chi connectivity index (χ2n) is 9.55. The van der Waals surface area contributed by atoms with Crippen molar-refractivity contribution in [3.8, 4) is 22.7 Å². The standard InChI is InChI=1S/C29H22Cl2N8O4/c30-19-7-9-23(39-15-32-37-38-39)18(11-19)14-43-29(42)34-22(10-16-4-2-1-3-5-16)28-35-26(27(31)36-28)17-6-8-21-20(12-17)24(40)13-25(41)33-21/h1-9,11-13,15,22H,10,14H2,(H,34,42)(H,35,36)(H2,33,40,41). The quantitative estimate of drug-likeness (QED) is 0.183. The third-order valence-corrected chi connectivity index (χ3v) is 7.18. The van der Waals surface area contributed by atoms with Crippen molar-refractivity contribution in [3.05, 3.63) is 117 Å². The number of imidazole rings is 1. The van der Waals surface area contributed by atoms with Gasteiger partial charge in [-0.25, -0.2) is 14.5 Å². The Hall–Kier alpha value is -5.20. The van der Waals surface area contributed by atoms with Crippen LogP contribution < -0.4 is 10.9 Å². The molecule has 0 aliphatic rings. The van der Waals surface area contributed by atoms with Gasteiger partial charge in [-0.15, -0.1) is 5.10 Å². The summed E-state index contributed by atoms with van der Waals surface area (Å²) in [6.07, 6.45) is 1.11. The highest BCUT2D eigenvalue weighted by atomic mass is 35.5. The average molecular weight is 617 g/mol. The first-order valence-corrected chi connectivity index (χ1v) is 13.7. The molecule has 0 fully saturated rings. The number of aromatic nitrogens is 7. The van der Waals surface area contributed by atoms with Crippen molar-refractivity contribution in [1.29, 1.82) is 0 Å². The summed E-state index contributed by atoms with van der Waals surface area (Å²) in [7, 11) is 0. The van der Waals surface area contributed by atoms with Gasteiger partial charge in [0, 0.05) is 34.0 Å². The van der Waals surface area contributed by atoms with Crippen molar-refractivity contribution < 1.29 is 14.6 Å². The number of rotatable bonds is 8. The zero-order valence-electron chi connectivity index (χ0n) is 22.2. The first-order chi connectivity index (χ1) is 20.8. The number of carbonyl (C=O) groups excluding carboxylic acids is 1. The Labute approximate surface area is 253 Å². The molecule has 14 heteroatoms. The first kappa shape index (κ1) is 27.9. The van der Waals surface area contributed by atoms with Gasteiger partial charge in [-0.05, 0) is 46.3 Å². The molecule has 1 unspecified atom stereocenters. The number of halogens is 2. The molecule has 216 valence electrons. The highest BCUT2D eigenvalue weighted by Gasteiger charge is 2.23. The zero-order valence-corrected chi connectivity index (χ0v) is 23.7. The van der Waals surface area contributed by atoms with Crippen molar-refractivity contribution >= 4 is 40.2 Å². The number of carbonyl (C=O) groups is 1. The molecule has 6 aromatic rings. The fourth-order valence-corrected chi connectivity index (χ4v) is 5.11. The minimum Gasteiger partial charge on any atom is -0.507 e. The Morgan fingerprint density at radius 2 is 1.88 bits per heavy atom. The lowest BCUT2D eigenvalue weighted by molar-refractivity contribution is 0.135. The first-order valence-electron chi connectivity index (χ1n) is 12.9. The Morgan fingerprint density at radius 3 is 2.67 bits per heavy atom. The molecule has 0 radical (unpaired) electrons. The normalized spacial score (nSPS) is 11.9. The second-order valence-corrected chi connectivity index (χ2v) is 10.4. The van der Waals surface area contributed by atoms with Crippen LogP contribution in [0, 0.1) is 0 Å². The Balaban J connectivity index is 1.26. The van der Waals surface area contributed by atoms with E-state index in [9.17, 15) is 14.7 Å². The second kappa shape index (κ2) is 12.0. The minimum atomic E-state index is -0.697. The number of pyridine rings is 1. The van der Waals surface area contributed by atoms with Gasteiger partial charge in [-0.3, -0.25) is 4.79 Å². The van der Waals surface area contributed by atoms with Crippen LogP contribution in [0.2, 0.25) is 10.2 Å². The van der Waals surface area contributed by atoms with Gasteiger partial charge in [-0.2, -0.15) is 0 Å². The number of hydrogen-bond donors (Lipinski definition) is 4. The van der Waals surface area contributed by atoms with Crippen LogP contribution in [0.25, 0.3) is 27.8 Å². The highest BCUT2D eigenvalue weighted by Crippen LogP contribution is 2.32. The van der Waals surface area contributed by atoms with E-state index < -0.39 is 17.7 Å². The molecular weight excluding hydrogens is 595 g/mol. The number of aromatic hydroxyl groups is 1. The highest BCUT2D eigenvalue weighted by molar-refractivity contribution is 6.32. The van der Waals surface area contributed by atoms with E-state index in [-0.39, 0.29) is 17.5 Å². The van der Waals surface area contributed by atoms with Crippen molar-refractivity contribution in [2.24, 2.45) is 0 Å². The molecule has 0 saturated heterocycles. The number of aromatic amines is 2. The van der Waals surface area contributed by atoms with E-state index in [0.717, 1.165) is 11.6 Å². The summed E-state index contributed by atoms with van der Waals surface area (Å²) in [6.45, 7) is -0.105. The molecule has 3 aromatic carbocycles. The molecule has 0 bridgehead atoms. The Kier molecular flexibility index (Phi) is 7.77. The lowest BCUT2D eigenvalue weighted by Gasteiger charge is -2.17. The van der Waals surface area contributed by atoms with Gasteiger partial charge < -0.3 is 25.1 Å². The van der Waals surface area contributed by atoms with E-state index in [1.54, 1.807) is 36.4 Å². The lowest BCUT2D eigenvalue weighted by atomic mass is 10.1. The zero-order chi connectivity index (χ0) is 29.9. The number of hydrogen-bond acceptors (Lipinski definition) is 8. The third-order valence-electron chi connectivity index (χ3n) is 6.67. The van der Waals surface area contributed by atoms with Gasteiger partial charge in [0.15, 0.2) is 0 Å². The Bertz CT molecular complexity index is 1980. The molecule has 1 atom stereocenters. The number of benzene rings is 3. The predicted molar refractivity (Wildman–Crippen MR) is 159 cm³/mol. The van der Waals surface area contributed by atoms with Crippen LogP contribution in [0.1, 0.15) is 23.0 Å². The van der Waals surface area contributed by atoms with Crippen LogP contribution >= 0.6 is 23.2 Å². The van der Waals surface area contributed by atoms with Gasteiger partial charge in [0.1, 0.15) is 35.4 Å². The predicted octanol–water partition coefficient (Wildman–Crippen LogP) is 5.12. The monoisotopic (exact) mass is 616 g/mol. The van der Waals surface area contributed by atoms with Crippen molar-refractivity contribution in [2.45, 2.75) is 19.1 Å². The maximum absolute atomic E-state index is 13.1. The number of nitrogens with one attached hydrogen (secondary N) is 3. The summed E-state index contributed by atoms with van der Waals surface area (Å²) in [5, 5.41) is 25.5. The van der Waals surface area contributed by atoms with Crippen molar-refractivity contribution in [2.75, 3.05) is 0 Å². The van der Waals surface area contributed by atoms with Crippen molar-refractivity contribution in [3.63, 3.8) is 0 Å². The van der Waals surface area contributed by atoms with E-state index in [2.05, 4.69) is 30.8 Å². The molecule has 3 aromatic heterocycles.